The number of aliphatic carboxylic acids is 2. The van der Waals surface area contributed by atoms with Gasteiger partial charge in [0.15, 0.2) is 0 Å². The number of rotatable bonds is 15. The number of esters is 1. The van der Waals surface area contributed by atoms with Gasteiger partial charge in [-0.1, -0.05) is 46.1 Å². The van der Waals surface area contributed by atoms with Gasteiger partial charge in [-0.3, -0.25) is 9.59 Å². The average molecular weight is 372 g/mol. The van der Waals surface area contributed by atoms with E-state index in [-0.39, 0.29) is 18.9 Å². The van der Waals surface area contributed by atoms with Crippen molar-refractivity contribution < 1.29 is 34.1 Å². The van der Waals surface area contributed by atoms with Crippen LogP contribution in [0.25, 0.3) is 0 Å². The number of methoxy groups -OCH3 is 1. The molecule has 0 fully saturated rings. The molecule has 0 aliphatic rings. The van der Waals surface area contributed by atoms with Crippen LogP contribution in [0.1, 0.15) is 58.8 Å². The number of carboxylic acids is 2. The summed E-state index contributed by atoms with van der Waals surface area (Å²) in [5, 5.41) is 19.2. The fourth-order valence-electron chi connectivity index (χ4n) is 2.92. The molecule has 26 heavy (non-hydrogen) atoms. The van der Waals surface area contributed by atoms with Crippen molar-refractivity contribution in [2.75, 3.05) is 20.3 Å². The second-order valence-electron chi connectivity index (χ2n) is 6.54. The van der Waals surface area contributed by atoms with E-state index >= 15 is 0 Å². The van der Waals surface area contributed by atoms with Crippen molar-refractivity contribution in [3.05, 3.63) is 12.2 Å². The zero-order valence-electron chi connectivity index (χ0n) is 16.1. The van der Waals surface area contributed by atoms with Crippen molar-refractivity contribution in [1.29, 1.82) is 0 Å². The maximum atomic E-state index is 12.2. The number of ether oxygens (including phenoxy) is 2. The highest BCUT2D eigenvalue weighted by Gasteiger charge is 2.47. The SMILES string of the molecule is C=C(C(=O)O)C(CC(=O)OCCCOC)(CC(CC)CCCC)C(=O)O. The minimum atomic E-state index is -1.86. The largest absolute Gasteiger partial charge is 0.481 e. The van der Waals surface area contributed by atoms with Crippen molar-refractivity contribution in [3.8, 4) is 0 Å². The Bertz CT molecular complexity index is 486. The lowest BCUT2D eigenvalue weighted by molar-refractivity contribution is -0.159. The van der Waals surface area contributed by atoms with Crippen LogP contribution in [0, 0.1) is 11.3 Å². The third-order valence-electron chi connectivity index (χ3n) is 4.63. The molecule has 0 bridgehead atoms. The molecule has 2 unspecified atom stereocenters. The lowest BCUT2D eigenvalue weighted by Crippen LogP contribution is -2.40. The van der Waals surface area contributed by atoms with E-state index in [0.29, 0.717) is 19.4 Å². The number of unbranched alkanes of at least 4 members (excludes halogenated alkanes) is 1. The summed E-state index contributed by atoms with van der Waals surface area (Å²) in [5.74, 6) is -3.52. The molecular formula is C19H32O7. The molecule has 0 saturated carbocycles. The Balaban J connectivity index is 5.42. The minimum Gasteiger partial charge on any atom is -0.481 e. The molecule has 0 spiro atoms. The highest BCUT2D eigenvalue weighted by atomic mass is 16.5. The van der Waals surface area contributed by atoms with Gasteiger partial charge < -0.3 is 19.7 Å². The summed E-state index contributed by atoms with van der Waals surface area (Å²) in [6.07, 6.45) is 3.34. The zero-order valence-corrected chi connectivity index (χ0v) is 16.1. The smallest absolute Gasteiger partial charge is 0.332 e. The monoisotopic (exact) mass is 372 g/mol. The maximum Gasteiger partial charge on any atom is 0.332 e. The molecule has 0 radical (unpaired) electrons. The van der Waals surface area contributed by atoms with Crippen LogP contribution < -0.4 is 0 Å². The summed E-state index contributed by atoms with van der Waals surface area (Å²) >= 11 is 0. The Morgan fingerprint density at radius 2 is 1.77 bits per heavy atom. The van der Waals surface area contributed by atoms with Gasteiger partial charge in [0.1, 0.15) is 5.41 Å². The Labute approximate surface area is 155 Å². The van der Waals surface area contributed by atoms with Crippen LogP contribution in [0.2, 0.25) is 0 Å². The number of carboxylic acid groups (broad SMARTS) is 2. The number of carbonyl (C=O) groups is 3. The molecule has 0 heterocycles. The number of hydrogen-bond acceptors (Lipinski definition) is 5. The van der Waals surface area contributed by atoms with Gasteiger partial charge in [0.25, 0.3) is 0 Å². The molecule has 150 valence electrons. The lowest BCUT2D eigenvalue weighted by Gasteiger charge is -2.32. The third kappa shape index (κ3) is 7.56. The van der Waals surface area contributed by atoms with Gasteiger partial charge in [-0.2, -0.15) is 0 Å². The van der Waals surface area contributed by atoms with Gasteiger partial charge in [-0.05, 0) is 12.3 Å². The highest BCUT2D eigenvalue weighted by molar-refractivity contribution is 5.98. The first kappa shape index (κ1) is 24.1. The van der Waals surface area contributed by atoms with E-state index in [1.807, 2.05) is 13.8 Å². The van der Waals surface area contributed by atoms with E-state index in [4.69, 9.17) is 9.47 Å². The van der Waals surface area contributed by atoms with E-state index in [2.05, 4.69) is 6.58 Å². The quantitative estimate of drug-likeness (QED) is 0.258. The predicted octanol–water partition coefficient (Wildman–Crippen LogP) is 3.27. The summed E-state index contributed by atoms with van der Waals surface area (Å²) in [4.78, 5) is 35.7. The predicted molar refractivity (Wildman–Crippen MR) is 96.8 cm³/mol. The highest BCUT2D eigenvalue weighted by Crippen LogP contribution is 2.40. The molecule has 7 nitrogen and oxygen atoms in total. The average Bonchev–Trinajstić information content (AvgIpc) is 2.60. The first-order valence-corrected chi connectivity index (χ1v) is 9.05. The molecule has 2 N–H and O–H groups in total. The Kier molecular flexibility index (Phi) is 11.6. The molecule has 0 rings (SSSR count). The molecule has 0 aromatic heterocycles. The fraction of sp³-hybridized carbons (Fsp3) is 0.737. The first-order chi connectivity index (χ1) is 12.2. The van der Waals surface area contributed by atoms with Crippen molar-refractivity contribution in [3.63, 3.8) is 0 Å². The van der Waals surface area contributed by atoms with Gasteiger partial charge >= 0.3 is 17.9 Å². The van der Waals surface area contributed by atoms with Crippen molar-refractivity contribution in [1.82, 2.24) is 0 Å². The van der Waals surface area contributed by atoms with Gasteiger partial charge in [0, 0.05) is 25.7 Å². The molecule has 7 heteroatoms. The Morgan fingerprint density at radius 1 is 1.12 bits per heavy atom. The Morgan fingerprint density at radius 3 is 2.23 bits per heavy atom. The van der Waals surface area contributed by atoms with E-state index in [0.717, 1.165) is 19.3 Å². The van der Waals surface area contributed by atoms with Gasteiger partial charge in [0.05, 0.1) is 13.0 Å². The fourth-order valence-corrected chi connectivity index (χ4v) is 2.92. The molecular weight excluding hydrogens is 340 g/mol. The molecule has 0 amide bonds. The van der Waals surface area contributed by atoms with E-state index in [1.54, 1.807) is 0 Å². The first-order valence-electron chi connectivity index (χ1n) is 9.05. The molecule has 2 atom stereocenters. The molecule has 0 saturated heterocycles. The van der Waals surface area contributed by atoms with Crippen LogP contribution in [0.15, 0.2) is 12.2 Å². The summed E-state index contributed by atoms with van der Waals surface area (Å²) in [5.41, 5.74) is -2.34. The summed E-state index contributed by atoms with van der Waals surface area (Å²) < 4.78 is 9.92. The lowest BCUT2D eigenvalue weighted by atomic mass is 9.70. The number of carbonyl (C=O) groups excluding carboxylic acids is 1. The second kappa shape index (κ2) is 12.5. The van der Waals surface area contributed by atoms with Crippen LogP contribution in [-0.4, -0.2) is 48.4 Å². The maximum absolute atomic E-state index is 12.2. The van der Waals surface area contributed by atoms with Crippen LogP contribution >= 0.6 is 0 Å². The van der Waals surface area contributed by atoms with Crippen LogP contribution in [-0.2, 0) is 23.9 Å². The van der Waals surface area contributed by atoms with Crippen molar-refractivity contribution in [2.45, 2.75) is 58.8 Å². The van der Waals surface area contributed by atoms with Gasteiger partial charge in [0.2, 0.25) is 0 Å². The summed E-state index contributed by atoms with van der Waals surface area (Å²) in [7, 11) is 1.52. The van der Waals surface area contributed by atoms with Crippen LogP contribution in [0.5, 0.6) is 0 Å². The summed E-state index contributed by atoms with van der Waals surface area (Å²) in [6, 6.07) is 0. The van der Waals surface area contributed by atoms with Crippen LogP contribution in [0.3, 0.4) is 0 Å². The number of hydrogen-bond donors (Lipinski definition) is 2. The minimum absolute atomic E-state index is 0.0107. The summed E-state index contributed by atoms with van der Waals surface area (Å²) in [6.45, 7) is 7.94. The second-order valence-corrected chi connectivity index (χ2v) is 6.54. The topological polar surface area (TPSA) is 110 Å². The third-order valence-corrected chi connectivity index (χ3v) is 4.63. The normalized spacial score (nSPS) is 14.3. The Hall–Kier alpha value is -1.89. The van der Waals surface area contributed by atoms with Crippen molar-refractivity contribution >= 4 is 17.9 Å². The molecule has 0 aliphatic heterocycles. The zero-order chi connectivity index (χ0) is 20.2. The van der Waals surface area contributed by atoms with E-state index in [9.17, 15) is 24.6 Å². The standard InChI is InChI=1S/C19H32O7/c1-5-7-9-15(6-2)12-19(18(23)24,14(3)17(21)22)13-16(20)26-11-8-10-25-4/h15H,3,5-13H2,1-2,4H3,(H,21,22)(H,23,24). The molecule has 0 aliphatic carbocycles. The molecule has 0 aromatic rings. The van der Waals surface area contributed by atoms with Gasteiger partial charge in [-0.25, -0.2) is 4.79 Å². The van der Waals surface area contributed by atoms with E-state index < -0.39 is 35.3 Å². The van der Waals surface area contributed by atoms with E-state index in [1.165, 1.54) is 7.11 Å². The molecule has 0 aromatic carbocycles. The van der Waals surface area contributed by atoms with Crippen molar-refractivity contribution in [2.24, 2.45) is 11.3 Å². The van der Waals surface area contributed by atoms with Crippen LogP contribution in [0.4, 0.5) is 0 Å². The van der Waals surface area contributed by atoms with Gasteiger partial charge in [-0.15, -0.1) is 0 Å².